The summed E-state index contributed by atoms with van der Waals surface area (Å²) in [5, 5.41) is 11.6. The van der Waals surface area contributed by atoms with Crippen LogP contribution in [0.3, 0.4) is 0 Å². The number of rotatable bonds is 1. The number of hydrogen-bond donors (Lipinski definition) is 0. The molecule has 0 radical (unpaired) electrons. The molecule has 0 amide bonds. The number of hydrogen-bond acceptors (Lipinski definition) is 4. The van der Waals surface area contributed by atoms with Crippen molar-refractivity contribution in [3.63, 3.8) is 0 Å². The van der Waals surface area contributed by atoms with Crippen LogP contribution in [0.1, 0.15) is 22.6 Å². The number of benzene rings is 1. The van der Waals surface area contributed by atoms with Gasteiger partial charge in [-0.2, -0.15) is 0 Å². The van der Waals surface area contributed by atoms with Crippen LogP contribution in [-0.4, -0.2) is 42.1 Å². The lowest BCUT2D eigenvalue weighted by molar-refractivity contribution is -0.573. The van der Waals surface area contributed by atoms with E-state index in [1.54, 1.807) is 0 Å². The number of ether oxygens (including phenoxy) is 1. The predicted molar refractivity (Wildman–Crippen MR) is 70.8 cm³/mol. The van der Waals surface area contributed by atoms with Gasteiger partial charge in [0.2, 0.25) is 0 Å². The molecular formula is C14H18N2O3. The molecule has 19 heavy (non-hydrogen) atoms. The highest BCUT2D eigenvalue weighted by Gasteiger charge is 2.58. The Hall–Kier alpha value is -1.46. The summed E-state index contributed by atoms with van der Waals surface area (Å²) >= 11 is 0. The molecule has 3 rings (SSSR count). The van der Waals surface area contributed by atoms with Gasteiger partial charge in [-0.15, -0.1) is 0 Å². The minimum absolute atomic E-state index is 0.0781. The van der Waals surface area contributed by atoms with Crippen molar-refractivity contribution in [2.75, 3.05) is 26.7 Å². The third-order valence-corrected chi connectivity index (χ3v) is 4.33. The van der Waals surface area contributed by atoms with Crippen molar-refractivity contribution < 1.29 is 9.66 Å². The van der Waals surface area contributed by atoms with Gasteiger partial charge in [0, 0.05) is 11.5 Å². The van der Waals surface area contributed by atoms with E-state index in [4.69, 9.17) is 4.74 Å². The van der Waals surface area contributed by atoms with Crippen LogP contribution in [0, 0.1) is 17.0 Å². The Balaban J connectivity index is 2.13. The standard InChI is InChI=1S/C14H18N2O3/c1-10-3-4-12-11(5-10)7-19-9-14(16(17)18)8-15(2)6-13(12)14/h3-5,13H,6-9H2,1-2H3/t13-,14-/m0/s1. The van der Waals surface area contributed by atoms with Crippen molar-refractivity contribution >= 4 is 0 Å². The first-order chi connectivity index (χ1) is 9.03. The van der Waals surface area contributed by atoms with E-state index in [2.05, 4.69) is 6.07 Å². The summed E-state index contributed by atoms with van der Waals surface area (Å²) in [5.41, 5.74) is 2.37. The summed E-state index contributed by atoms with van der Waals surface area (Å²) in [6.07, 6.45) is 0. The van der Waals surface area contributed by atoms with Gasteiger partial charge >= 0.3 is 0 Å². The molecule has 0 N–H and O–H groups in total. The van der Waals surface area contributed by atoms with E-state index in [0.717, 1.165) is 17.7 Å². The fourth-order valence-electron chi connectivity index (χ4n) is 3.43. The Kier molecular flexibility index (Phi) is 2.83. The molecule has 2 aliphatic heterocycles. The first-order valence-electron chi connectivity index (χ1n) is 6.53. The Morgan fingerprint density at radius 2 is 2.32 bits per heavy atom. The zero-order valence-electron chi connectivity index (χ0n) is 11.3. The van der Waals surface area contributed by atoms with Gasteiger partial charge in [0.15, 0.2) is 0 Å². The largest absolute Gasteiger partial charge is 0.369 e. The third kappa shape index (κ3) is 1.84. The second kappa shape index (κ2) is 4.28. The fraction of sp³-hybridized carbons (Fsp3) is 0.571. The highest BCUT2D eigenvalue weighted by molar-refractivity contribution is 5.38. The summed E-state index contributed by atoms with van der Waals surface area (Å²) in [5.74, 6) is -0.0781. The fourth-order valence-corrected chi connectivity index (χ4v) is 3.43. The molecule has 5 nitrogen and oxygen atoms in total. The molecule has 0 saturated carbocycles. The van der Waals surface area contributed by atoms with Crippen LogP contribution in [0.15, 0.2) is 18.2 Å². The molecule has 1 saturated heterocycles. The lowest BCUT2D eigenvalue weighted by atomic mass is 9.81. The van der Waals surface area contributed by atoms with Crippen LogP contribution in [0.2, 0.25) is 0 Å². The minimum Gasteiger partial charge on any atom is -0.369 e. The number of aryl methyl sites for hydroxylation is 1. The number of nitro groups is 1. The van der Waals surface area contributed by atoms with E-state index >= 15 is 0 Å². The number of fused-ring (bicyclic) bond motifs is 3. The smallest absolute Gasteiger partial charge is 0.265 e. The molecule has 0 aromatic heterocycles. The molecule has 0 unspecified atom stereocenters. The van der Waals surface area contributed by atoms with E-state index < -0.39 is 5.54 Å². The van der Waals surface area contributed by atoms with Crippen LogP contribution in [0.25, 0.3) is 0 Å². The van der Waals surface area contributed by atoms with E-state index in [0.29, 0.717) is 13.2 Å². The lowest BCUT2D eigenvalue weighted by Crippen LogP contribution is -2.48. The van der Waals surface area contributed by atoms with Gasteiger partial charge < -0.3 is 4.74 Å². The molecule has 0 spiro atoms. The van der Waals surface area contributed by atoms with Gasteiger partial charge in [-0.3, -0.25) is 15.0 Å². The Labute approximate surface area is 112 Å². The molecule has 0 bridgehead atoms. The Bertz CT molecular complexity index is 531. The third-order valence-electron chi connectivity index (χ3n) is 4.33. The van der Waals surface area contributed by atoms with Gasteiger partial charge in [-0.25, -0.2) is 0 Å². The molecule has 0 aliphatic carbocycles. The summed E-state index contributed by atoms with van der Waals surface area (Å²) in [6, 6.07) is 6.16. The summed E-state index contributed by atoms with van der Waals surface area (Å²) in [6.45, 7) is 3.89. The van der Waals surface area contributed by atoms with Gasteiger partial charge in [0.05, 0.1) is 19.1 Å². The normalized spacial score (nSPS) is 30.5. The minimum atomic E-state index is -0.991. The average Bonchev–Trinajstić information content (AvgIpc) is 2.60. The molecule has 1 aromatic rings. The summed E-state index contributed by atoms with van der Waals surface area (Å²) in [7, 11) is 1.94. The SMILES string of the molecule is Cc1ccc2c(c1)COC[C@@]1([N+](=O)[O-])CN(C)C[C@@H]21. The van der Waals surface area contributed by atoms with Crippen molar-refractivity contribution in [3.8, 4) is 0 Å². The van der Waals surface area contributed by atoms with Gasteiger partial charge in [-0.1, -0.05) is 23.8 Å². The second-order valence-corrected chi connectivity index (χ2v) is 5.81. The van der Waals surface area contributed by atoms with E-state index in [-0.39, 0.29) is 17.4 Å². The maximum atomic E-state index is 11.6. The summed E-state index contributed by atoms with van der Waals surface area (Å²) < 4.78 is 5.63. The average molecular weight is 262 g/mol. The molecule has 2 aliphatic rings. The maximum absolute atomic E-state index is 11.6. The molecule has 1 fully saturated rings. The summed E-state index contributed by atoms with van der Waals surface area (Å²) in [4.78, 5) is 13.5. The number of nitrogens with zero attached hydrogens (tertiary/aromatic N) is 2. The highest BCUT2D eigenvalue weighted by atomic mass is 16.6. The maximum Gasteiger partial charge on any atom is 0.265 e. The molecule has 5 heteroatoms. The van der Waals surface area contributed by atoms with Crippen LogP contribution >= 0.6 is 0 Å². The zero-order chi connectivity index (χ0) is 13.6. The Morgan fingerprint density at radius 1 is 1.53 bits per heavy atom. The first-order valence-corrected chi connectivity index (χ1v) is 6.53. The molecule has 102 valence electrons. The number of likely N-dealkylation sites (N-methyl/N-ethyl adjacent to an activating group) is 1. The van der Waals surface area contributed by atoms with E-state index in [1.807, 2.05) is 31.0 Å². The first kappa shape index (κ1) is 12.6. The molecule has 1 aromatic carbocycles. The lowest BCUT2D eigenvalue weighted by Gasteiger charge is -2.24. The van der Waals surface area contributed by atoms with Crippen LogP contribution in [-0.2, 0) is 11.3 Å². The number of likely N-dealkylation sites (tertiary alicyclic amines) is 1. The van der Waals surface area contributed by atoms with Crippen molar-refractivity contribution in [1.82, 2.24) is 4.90 Å². The predicted octanol–water partition coefficient (Wildman–Crippen LogP) is 1.57. The van der Waals surface area contributed by atoms with Crippen LogP contribution in [0.5, 0.6) is 0 Å². The monoisotopic (exact) mass is 262 g/mol. The van der Waals surface area contributed by atoms with Gasteiger partial charge in [-0.05, 0) is 25.1 Å². The molecule has 2 atom stereocenters. The molecular weight excluding hydrogens is 244 g/mol. The van der Waals surface area contributed by atoms with E-state index in [9.17, 15) is 10.1 Å². The highest BCUT2D eigenvalue weighted by Crippen LogP contribution is 2.41. The Morgan fingerprint density at radius 3 is 3.05 bits per heavy atom. The van der Waals surface area contributed by atoms with E-state index in [1.165, 1.54) is 5.56 Å². The van der Waals surface area contributed by atoms with Crippen LogP contribution < -0.4 is 0 Å². The topological polar surface area (TPSA) is 55.6 Å². The van der Waals surface area contributed by atoms with Crippen molar-refractivity contribution in [3.05, 3.63) is 45.0 Å². The van der Waals surface area contributed by atoms with Crippen molar-refractivity contribution in [2.24, 2.45) is 0 Å². The molecule has 2 heterocycles. The van der Waals surface area contributed by atoms with Crippen molar-refractivity contribution in [2.45, 2.75) is 25.0 Å². The zero-order valence-corrected chi connectivity index (χ0v) is 11.3. The quantitative estimate of drug-likeness (QED) is 0.569. The second-order valence-electron chi connectivity index (χ2n) is 5.81. The van der Waals surface area contributed by atoms with Crippen molar-refractivity contribution in [1.29, 1.82) is 0 Å². The van der Waals surface area contributed by atoms with Crippen LogP contribution in [0.4, 0.5) is 0 Å². The van der Waals surface area contributed by atoms with Gasteiger partial charge in [0.25, 0.3) is 5.54 Å². The van der Waals surface area contributed by atoms with Gasteiger partial charge in [0.1, 0.15) is 6.61 Å².